The second kappa shape index (κ2) is 6.12. The summed E-state index contributed by atoms with van der Waals surface area (Å²) in [6.45, 7) is 3.92. The Morgan fingerprint density at radius 1 is 1.11 bits per heavy atom. The van der Waals surface area contributed by atoms with Gasteiger partial charge in [-0.05, 0) is 62.6 Å². The summed E-state index contributed by atoms with van der Waals surface area (Å²) in [6.07, 6.45) is 8.64. The van der Waals surface area contributed by atoms with Crippen LogP contribution in [0.15, 0.2) is 29.7 Å². The molecule has 2 bridgehead atoms. The molecule has 0 radical (unpaired) electrons. The molecule has 2 fully saturated rings. The van der Waals surface area contributed by atoms with Crippen molar-refractivity contribution in [3.63, 3.8) is 0 Å². The topological polar surface area (TPSA) is 85.4 Å². The van der Waals surface area contributed by atoms with Gasteiger partial charge in [0.05, 0.1) is 11.9 Å². The number of pyridine rings is 1. The summed E-state index contributed by atoms with van der Waals surface area (Å²) in [5.41, 5.74) is 3.99. The Labute approximate surface area is 164 Å². The van der Waals surface area contributed by atoms with Gasteiger partial charge in [0, 0.05) is 25.3 Å². The molecule has 28 heavy (non-hydrogen) atoms. The van der Waals surface area contributed by atoms with Gasteiger partial charge in [-0.1, -0.05) is 0 Å². The molecule has 2 atom stereocenters. The fraction of sp³-hybridized carbons (Fsp3) is 0.526. The van der Waals surface area contributed by atoms with Crippen molar-refractivity contribution < 1.29 is 8.42 Å². The summed E-state index contributed by atoms with van der Waals surface area (Å²) in [5, 5.41) is 8.41. The van der Waals surface area contributed by atoms with Gasteiger partial charge >= 0.3 is 0 Å². The van der Waals surface area contributed by atoms with Gasteiger partial charge < -0.3 is 0 Å². The molecule has 5 rings (SSSR count). The lowest BCUT2D eigenvalue weighted by Gasteiger charge is -2.38. The third-order valence-electron chi connectivity index (χ3n) is 6.51. The normalized spacial score (nSPS) is 25.6. The fourth-order valence-electron chi connectivity index (χ4n) is 5.03. The van der Waals surface area contributed by atoms with Gasteiger partial charge in [0.15, 0.2) is 5.65 Å². The molecule has 2 aliphatic rings. The summed E-state index contributed by atoms with van der Waals surface area (Å²) >= 11 is 0. The summed E-state index contributed by atoms with van der Waals surface area (Å²) < 4.78 is 32.0. The molecule has 0 aliphatic carbocycles. The third-order valence-corrected chi connectivity index (χ3v) is 8.62. The van der Waals surface area contributed by atoms with Crippen LogP contribution < -0.4 is 0 Å². The number of rotatable bonds is 3. The van der Waals surface area contributed by atoms with Crippen molar-refractivity contribution in [1.82, 2.24) is 28.7 Å². The van der Waals surface area contributed by atoms with Crippen molar-refractivity contribution in [2.45, 2.75) is 62.4 Å². The van der Waals surface area contributed by atoms with E-state index in [1.807, 2.05) is 11.4 Å². The fourth-order valence-corrected chi connectivity index (χ4v) is 7.11. The first kappa shape index (κ1) is 17.8. The van der Waals surface area contributed by atoms with Crippen LogP contribution in [0.1, 0.15) is 48.4 Å². The number of hydrogen-bond donors (Lipinski definition) is 0. The van der Waals surface area contributed by atoms with E-state index in [9.17, 15) is 8.42 Å². The van der Waals surface area contributed by atoms with Crippen molar-refractivity contribution in [3.8, 4) is 0 Å². The van der Waals surface area contributed by atoms with Crippen LogP contribution in [0.5, 0.6) is 0 Å². The molecule has 0 aromatic carbocycles. The Kier molecular flexibility index (Phi) is 3.89. The SMILES string of the molecule is Cc1cc2ncnn2cc1C1CC2CCC(C1)N2S(=O)(=O)c1cnn(C)c1C. The lowest BCUT2D eigenvalue weighted by molar-refractivity contribution is 0.225. The van der Waals surface area contributed by atoms with Crippen molar-refractivity contribution in [2.24, 2.45) is 7.05 Å². The average molecular weight is 401 g/mol. The van der Waals surface area contributed by atoms with Crippen LogP contribution in [0.3, 0.4) is 0 Å². The molecule has 0 spiro atoms. The first-order chi connectivity index (χ1) is 13.4. The van der Waals surface area contributed by atoms with Crippen molar-refractivity contribution >= 4 is 15.7 Å². The summed E-state index contributed by atoms with van der Waals surface area (Å²) in [4.78, 5) is 4.59. The average Bonchev–Trinajstić information content (AvgIpc) is 3.32. The third kappa shape index (κ3) is 2.52. The Morgan fingerprint density at radius 3 is 2.46 bits per heavy atom. The van der Waals surface area contributed by atoms with E-state index in [0.29, 0.717) is 16.5 Å². The number of hydrogen-bond acceptors (Lipinski definition) is 5. The van der Waals surface area contributed by atoms with E-state index in [1.165, 1.54) is 17.3 Å². The van der Waals surface area contributed by atoms with Crippen LogP contribution in [0, 0.1) is 13.8 Å². The predicted octanol–water partition coefficient (Wildman–Crippen LogP) is 2.18. The number of nitrogens with zero attached hydrogens (tertiary/aromatic N) is 6. The molecule has 2 saturated heterocycles. The van der Waals surface area contributed by atoms with E-state index in [0.717, 1.165) is 31.3 Å². The highest BCUT2D eigenvalue weighted by molar-refractivity contribution is 7.89. The largest absolute Gasteiger partial charge is 0.272 e. The standard InChI is InChI=1S/C19H24N6O2S/c1-12-6-19-20-11-22-24(19)10-17(12)14-7-15-4-5-16(8-14)25(15)28(26,27)18-9-21-23(3)13(18)2/h6,9-11,14-16H,4-5,7-8H2,1-3H3. The molecular weight excluding hydrogens is 376 g/mol. The number of sulfonamides is 1. The van der Waals surface area contributed by atoms with Crippen molar-refractivity contribution in [1.29, 1.82) is 0 Å². The molecule has 3 aromatic rings. The van der Waals surface area contributed by atoms with E-state index in [1.54, 1.807) is 22.4 Å². The van der Waals surface area contributed by atoms with Gasteiger partial charge in [0.1, 0.15) is 11.2 Å². The highest BCUT2D eigenvalue weighted by Gasteiger charge is 2.48. The quantitative estimate of drug-likeness (QED) is 0.673. The Morgan fingerprint density at radius 2 is 1.82 bits per heavy atom. The van der Waals surface area contributed by atoms with Crippen LogP contribution in [0.4, 0.5) is 0 Å². The molecule has 2 aliphatic heterocycles. The van der Waals surface area contributed by atoms with Crippen molar-refractivity contribution in [3.05, 3.63) is 41.6 Å². The molecule has 9 heteroatoms. The van der Waals surface area contributed by atoms with Gasteiger partial charge in [0.25, 0.3) is 0 Å². The second-order valence-corrected chi connectivity index (χ2v) is 9.89. The van der Waals surface area contributed by atoms with Crippen LogP contribution in [0.25, 0.3) is 5.65 Å². The van der Waals surface area contributed by atoms with Gasteiger partial charge in [-0.3, -0.25) is 4.68 Å². The van der Waals surface area contributed by atoms with Gasteiger partial charge in [-0.15, -0.1) is 0 Å². The first-order valence-corrected chi connectivity index (χ1v) is 11.1. The highest BCUT2D eigenvalue weighted by Crippen LogP contribution is 2.46. The molecular formula is C19H24N6O2S. The van der Waals surface area contributed by atoms with E-state index >= 15 is 0 Å². The van der Waals surface area contributed by atoms with E-state index in [2.05, 4.69) is 34.4 Å². The number of fused-ring (bicyclic) bond motifs is 3. The first-order valence-electron chi connectivity index (χ1n) is 9.68. The lowest BCUT2D eigenvalue weighted by atomic mass is 9.85. The minimum absolute atomic E-state index is 0.0409. The van der Waals surface area contributed by atoms with Gasteiger partial charge in [0.2, 0.25) is 10.0 Å². The van der Waals surface area contributed by atoms with E-state index < -0.39 is 10.0 Å². The number of aryl methyl sites for hydroxylation is 2. The zero-order chi connectivity index (χ0) is 19.6. The Hall–Kier alpha value is -2.26. The lowest BCUT2D eigenvalue weighted by Crippen LogP contribution is -2.46. The second-order valence-electron chi connectivity index (χ2n) is 8.08. The molecule has 8 nitrogen and oxygen atoms in total. The molecule has 148 valence electrons. The van der Waals surface area contributed by atoms with Crippen LogP contribution in [-0.4, -0.2) is 49.2 Å². The molecule has 5 heterocycles. The molecule has 2 unspecified atom stereocenters. The maximum atomic E-state index is 13.4. The monoisotopic (exact) mass is 400 g/mol. The van der Waals surface area contributed by atoms with E-state index in [-0.39, 0.29) is 12.1 Å². The molecule has 0 saturated carbocycles. The Bertz CT molecular complexity index is 1150. The Balaban J connectivity index is 1.48. The zero-order valence-corrected chi connectivity index (χ0v) is 17.1. The smallest absolute Gasteiger partial charge is 0.246 e. The highest BCUT2D eigenvalue weighted by atomic mass is 32.2. The molecule has 0 N–H and O–H groups in total. The van der Waals surface area contributed by atoms with Gasteiger partial charge in [-0.25, -0.2) is 17.9 Å². The summed E-state index contributed by atoms with van der Waals surface area (Å²) in [5.74, 6) is 0.340. The zero-order valence-electron chi connectivity index (χ0n) is 16.3. The number of piperidine rings is 1. The van der Waals surface area contributed by atoms with Crippen molar-refractivity contribution in [2.75, 3.05) is 0 Å². The molecule has 3 aromatic heterocycles. The summed E-state index contributed by atoms with van der Waals surface area (Å²) in [7, 11) is -1.75. The van der Waals surface area contributed by atoms with Gasteiger partial charge in [-0.2, -0.15) is 14.5 Å². The number of aromatic nitrogens is 5. The van der Waals surface area contributed by atoms with E-state index in [4.69, 9.17) is 0 Å². The van der Waals surface area contributed by atoms with Crippen LogP contribution >= 0.6 is 0 Å². The van der Waals surface area contributed by atoms with Crippen LogP contribution in [-0.2, 0) is 17.1 Å². The minimum Gasteiger partial charge on any atom is -0.272 e. The maximum absolute atomic E-state index is 13.4. The summed E-state index contributed by atoms with van der Waals surface area (Å²) in [6, 6.07) is 2.14. The van der Waals surface area contributed by atoms with Crippen LogP contribution in [0.2, 0.25) is 0 Å². The molecule has 0 amide bonds. The maximum Gasteiger partial charge on any atom is 0.246 e. The predicted molar refractivity (Wildman–Crippen MR) is 103 cm³/mol. The minimum atomic E-state index is -3.53.